The van der Waals surface area contributed by atoms with E-state index in [1.54, 1.807) is 36.4 Å². The first-order valence-corrected chi connectivity index (χ1v) is 16.2. The third-order valence-electron chi connectivity index (χ3n) is 8.88. The van der Waals surface area contributed by atoms with Crippen molar-refractivity contribution in [3.63, 3.8) is 0 Å². The molecule has 46 heavy (non-hydrogen) atoms. The van der Waals surface area contributed by atoms with Gasteiger partial charge in [-0.25, -0.2) is 32.8 Å². The number of amides is 2. The van der Waals surface area contributed by atoms with Crippen LogP contribution in [0.15, 0.2) is 90.8 Å². The van der Waals surface area contributed by atoms with Crippen LogP contribution in [0.2, 0.25) is 0 Å². The summed E-state index contributed by atoms with van der Waals surface area (Å²) in [6, 6.07) is 13.6. The van der Waals surface area contributed by atoms with E-state index in [2.05, 4.69) is 31.9 Å². The molecule has 7 rings (SSSR count). The third-order valence-corrected chi connectivity index (χ3v) is 12.5. The van der Waals surface area contributed by atoms with Gasteiger partial charge in [-0.3, -0.25) is 9.59 Å². The molecule has 0 bridgehead atoms. The Kier molecular flexibility index (Phi) is 7.20. The Balaban J connectivity index is 1.51. The fraction of sp³-hybridized carbons (Fsp3) is 0.226. The lowest BCUT2D eigenvalue weighted by molar-refractivity contribution is -0.122. The van der Waals surface area contributed by atoms with E-state index in [0.717, 1.165) is 21.6 Å². The van der Waals surface area contributed by atoms with E-state index in [9.17, 15) is 28.7 Å². The minimum atomic E-state index is -2.19. The molecule has 1 N–H and O–H groups in total. The molecule has 10 nitrogen and oxygen atoms in total. The SMILES string of the molecule is COc1cc(C2C3=CCn4c(=O)n(-c5ccccc5)c(=O)n4C3CC3(Cl)C(=O)N(c4ccc(F)cc4)C(=O)C23Cl)c(Br)c(Br)c1O. The molecular weight excluding hydrogens is 774 g/mol. The lowest BCUT2D eigenvalue weighted by Gasteiger charge is -2.49. The zero-order valence-corrected chi connectivity index (χ0v) is 28.3. The number of halogens is 5. The number of aromatic nitrogens is 3. The number of phenolic OH excluding ortho intramolecular Hbond substituents is 1. The van der Waals surface area contributed by atoms with Crippen molar-refractivity contribution >= 4 is 72.6 Å². The van der Waals surface area contributed by atoms with Gasteiger partial charge in [-0.05, 0) is 85.5 Å². The molecule has 0 spiro atoms. The van der Waals surface area contributed by atoms with Gasteiger partial charge in [0.05, 0.1) is 35.5 Å². The van der Waals surface area contributed by atoms with Crippen LogP contribution in [0.5, 0.6) is 11.5 Å². The summed E-state index contributed by atoms with van der Waals surface area (Å²) in [5.74, 6) is -3.74. The van der Waals surface area contributed by atoms with E-state index in [1.807, 2.05) is 0 Å². The zero-order chi connectivity index (χ0) is 32.9. The van der Waals surface area contributed by atoms with Gasteiger partial charge in [0.1, 0.15) is 5.82 Å². The largest absolute Gasteiger partial charge is 0.503 e. The summed E-state index contributed by atoms with van der Waals surface area (Å²) in [6.45, 7) is -0.0592. The number of hydrogen-bond acceptors (Lipinski definition) is 6. The molecule has 4 unspecified atom stereocenters. The molecule has 4 atom stereocenters. The summed E-state index contributed by atoms with van der Waals surface area (Å²) in [7, 11) is 1.34. The molecule has 1 saturated carbocycles. The summed E-state index contributed by atoms with van der Waals surface area (Å²) < 4.78 is 23.3. The van der Waals surface area contributed by atoms with Crippen LogP contribution in [-0.2, 0) is 16.1 Å². The van der Waals surface area contributed by atoms with E-state index in [4.69, 9.17) is 27.9 Å². The lowest BCUT2D eigenvalue weighted by Crippen LogP contribution is -2.59. The highest BCUT2D eigenvalue weighted by molar-refractivity contribution is 9.13. The number of hydrogen-bond donors (Lipinski definition) is 1. The van der Waals surface area contributed by atoms with Crippen LogP contribution in [0.1, 0.15) is 23.9 Å². The van der Waals surface area contributed by atoms with Crippen LogP contribution in [0.4, 0.5) is 10.1 Å². The van der Waals surface area contributed by atoms with Gasteiger partial charge in [0.2, 0.25) is 0 Å². The number of carbonyl (C=O) groups is 2. The average Bonchev–Trinajstić information content (AvgIpc) is 3.39. The molecule has 0 radical (unpaired) electrons. The Labute approximate surface area is 286 Å². The predicted molar refractivity (Wildman–Crippen MR) is 175 cm³/mol. The van der Waals surface area contributed by atoms with Crippen molar-refractivity contribution in [2.75, 3.05) is 12.0 Å². The Hall–Kier alpha value is -3.65. The first kappa shape index (κ1) is 31.0. The van der Waals surface area contributed by atoms with Gasteiger partial charge in [0, 0.05) is 16.8 Å². The van der Waals surface area contributed by atoms with Crippen LogP contribution >= 0.6 is 55.1 Å². The van der Waals surface area contributed by atoms with Crippen molar-refractivity contribution < 1.29 is 23.8 Å². The third kappa shape index (κ3) is 3.98. The Morgan fingerprint density at radius 1 is 0.935 bits per heavy atom. The molecular formula is C31H21Br2Cl2FN4O6. The molecule has 1 aliphatic carbocycles. The number of para-hydroxylation sites is 1. The average molecular weight is 795 g/mol. The van der Waals surface area contributed by atoms with Gasteiger partial charge < -0.3 is 9.84 Å². The second-order valence-corrected chi connectivity index (χ2v) is 13.9. The molecule has 1 aromatic heterocycles. The molecule has 2 aliphatic heterocycles. The van der Waals surface area contributed by atoms with Crippen molar-refractivity contribution in [1.82, 2.24) is 13.9 Å². The van der Waals surface area contributed by atoms with Crippen LogP contribution < -0.4 is 21.0 Å². The first-order chi connectivity index (χ1) is 21.9. The lowest BCUT2D eigenvalue weighted by atomic mass is 9.64. The van der Waals surface area contributed by atoms with Crippen molar-refractivity contribution in [2.45, 2.75) is 34.7 Å². The number of ether oxygens (including phenoxy) is 1. The fourth-order valence-corrected chi connectivity index (χ4v) is 8.64. The molecule has 4 aromatic rings. The molecule has 3 aromatic carbocycles. The molecule has 2 fully saturated rings. The topological polar surface area (TPSA) is 116 Å². The normalized spacial score (nSPS) is 25.2. The highest BCUT2D eigenvalue weighted by Gasteiger charge is 2.76. The predicted octanol–water partition coefficient (Wildman–Crippen LogP) is 5.38. The smallest absolute Gasteiger partial charge is 0.352 e. The number of aromatic hydroxyl groups is 1. The maximum atomic E-state index is 14.5. The number of methoxy groups -OCH3 is 1. The molecule has 3 aliphatic rings. The van der Waals surface area contributed by atoms with Crippen LogP contribution in [0.3, 0.4) is 0 Å². The quantitative estimate of drug-likeness (QED) is 0.169. The fourth-order valence-electron chi connectivity index (χ4n) is 6.78. The Morgan fingerprint density at radius 2 is 1.61 bits per heavy atom. The van der Waals surface area contributed by atoms with Crippen molar-refractivity contribution in [2.24, 2.45) is 0 Å². The second kappa shape index (κ2) is 10.7. The number of phenols is 1. The molecule has 15 heteroatoms. The van der Waals surface area contributed by atoms with Gasteiger partial charge in [-0.2, -0.15) is 0 Å². The Morgan fingerprint density at radius 3 is 2.26 bits per heavy atom. The van der Waals surface area contributed by atoms with Crippen LogP contribution in [-0.4, -0.2) is 47.7 Å². The number of alkyl halides is 2. The summed E-state index contributed by atoms with van der Waals surface area (Å²) >= 11 is 21.6. The number of allylic oxidation sites excluding steroid dienone is 2. The van der Waals surface area contributed by atoms with E-state index in [-0.39, 0.29) is 39.1 Å². The second-order valence-electron chi connectivity index (χ2n) is 11.1. The van der Waals surface area contributed by atoms with Crippen LogP contribution in [0.25, 0.3) is 5.69 Å². The summed E-state index contributed by atoms with van der Waals surface area (Å²) in [4.78, 5) is 53.1. The molecule has 236 valence electrons. The number of fused-ring (bicyclic) bond motifs is 4. The van der Waals surface area contributed by atoms with E-state index < -0.39 is 50.7 Å². The van der Waals surface area contributed by atoms with Gasteiger partial charge >= 0.3 is 11.4 Å². The van der Waals surface area contributed by atoms with Gasteiger partial charge in [0.25, 0.3) is 11.8 Å². The van der Waals surface area contributed by atoms with Gasteiger partial charge in [-0.1, -0.05) is 24.3 Å². The number of rotatable bonds is 4. The first-order valence-electron chi connectivity index (χ1n) is 13.8. The highest BCUT2D eigenvalue weighted by Crippen LogP contribution is 2.65. The van der Waals surface area contributed by atoms with Crippen LogP contribution in [0, 0.1) is 5.82 Å². The number of carbonyl (C=O) groups excluding carboxylic acids is 2. The standard InChI is InChI=1S/C31H21Br2Cl2FN4O6/c1-46-21-13-19(23(32)24(33)25(21)41)22-18-11-12-37-28(44)39(16-5-3-2-4-6-16)29(45)40(37)20(18)14-30(34)26(42)38(27(43)31(22,30)35)17-9-7-15(36)8-10-17/h2-11,13,20,22,41H,12,14H2,1H3. The molecule has 1 saturated heterocycles. The number of nitrogens with zero attached hydrogens (tertiary/aromatic N) is 4. The zero-order valence-electron chi connectivity index (χ0n) is 23.6. The van der Waals surface area contributed by atoms with Crippen molar-refractivity contribution in [3.8, 4) is 17.2 Å². The van der Waals surface area contributed by atoms with E-state index >= 15 is 0 Å². The monoisotopic (exact) mass is 792 g/mol. The van der Waals surface area contributed by atoms with E-state index in [1.165, 1.54) is 34.7 Å². The minimum Gasteiger partial charge on any atom is -0.503 e. The molecule has 3 heterocycles. The summed E-state index contributed by atoms with van der Waals surface area (Å²) in [6.07, 6.45) is 1.36. The number of anilines is 1. The minimum absolute atomic E-state index is 0.0283. The summed E-state index contributed by atoms with van der Waals surface area (Å²) in [5.41, 5.74) is -0.131. The van der Waals surface area contributed by atoms with E-state index in [0.29, 0.717) is 16.8 Å². The maximum Gasteiger partial charge on any atom is 0.352 e. The Bertz CT molecular complexity index is 2130. The van der Waals surface area contributed by atoms with Crippen molar-refractivity contribution in [1.29, 1.82) is 0 Å². The number of imide groups is 1. The summed E-state index contributed by atoms with van der Waals surface area (Å²) in [5, 5.41) is 10.7. The van der Waals surface area contributed by atoms with Gasteiger partial charge in [-0.15, -0.1) is 23.2 Å². The number of benzene rings is 3. The maximum absolute atomic E-state index is 14.5. The highest BCUT2D eigenvalue weighted by atomic mass is 79.9. The molecule has 2 amide bonds. The van der Waals surface area contributed by atoms with Crippen molar-refractivity contribution in [3.05, 3.63) is 114 Å². The van der Waals surface area contributed by atoms with Gasteiger partial charge in [0.15, 0.2) is 21.2 Å².